The zero-order valence-electron chi connectivity index (χ0n) is 12.1. The summed E-state index contributed by atoms with van der Waals surface area (Å²) in [5, 5.41) is 8.96. The molecule has 1 amide bonds. The summed E-state index contributed by atoms with van der Waals surface area (Å²) in [6.45, 7) is 3.07. The molecular weight excluding hydrogens is 238 g/mol. The minimum absolute atomic E-state index is 0.181. The molecule has 0 aromatic heterocycles. The van der Waals surface area contributed by atoms with Gasteiger partial charge in [-0.3, -0.25) is 9.69 Å². The SMILES string of the molecule is CC1CCN(C)C(CC#N)C(=O)N1C1CCCCC1. The average molecular weight is 263 g/mol. The van der Waals surface area contributed by atoms with E-state index in [2.05, 4.69) is 22.8 Å². The molecule has 1 saturated heterocycles. The van der Waals surface area contributed by atoms with Crippen molar-refractivity contribution in [2.75, 3.05) is 13.6 Å². The Morgan fingerprint density at radius 2 is 1.95 bits per heavy atom. The molecule has 2 atom stereocenters. The van der Waals surface area contributed by atoms with E-state index in [0.29, 0.717) is 18.5 Å². The number of hydrogen-bond acceptors (Lipinski definition) is 3. The molecule has 1 saturated carbocycles. The summed E-state index contributed by atoms with van der Waals surface area (Å²) in [7, 11) is 1.97. The summed E-state index contributed by atoms with van der Waals surface area (Å²) < 4.78 is 0. The van der Waals surface area contributed by atoms with Crippen LogP contribution in [-0.4, -0.2) is 47.4 Å². The maximum absolute atomic E-state index is 12.8. The number of rotatable bonds is 2. The summed E-state index contributed by atoms with van der Waals surface area (Å²) in [6, 6.07) is 2.65. The molecule has 2 rings (SSSR count). The van der Waals surface area contributed by atoms with Crippen molar-refractivity contribution in [1.29, 1.82) is 5.26 Å². The fraction of sp³-hybridized carbons (Fsp3) is 0.867. The third-order valence-electron chi connectivity index (χ3n) is 4.70. The molecule has 2 unspecified atom stereocenters. The molecule has 0 spiro atoms. The zero-order valence-corrected chi connectivity index (χ0v) is 12.1. The lowest BCUT2D eigenvalue weighted by atomic mass is 9.92. The predicted octanol–water partition coefficient (Wildman–Crippen LogP) is 2.15. The monoisotopic (exact) mass is 263 g/mol. The number of carbonyl (C=O) groups is 1. The van der Waals surface area contributed by atoms with Crippen LogP contribution >= 0.6 is 0 Å². The van der Waals surface area contributed by atoms with E-state index in [-0.39, 0.29) is 11.9 Å². The van der Waals surface area contributed by atoms with Gasteiger partial charge < -0.3 is 4.90 Å². The van der Waals surface area contributed by atoms with E-state index in [9.17, 15) is 4.79 Å². The molecule has 0 radical (unpaired) electrons. The van der Waals surface area contributed by atoms with Gasteiger partial charge in [-0.2, -0.15) is 5.26 Å². The van der Waals surface area contributed by atoms with Crippen molar-refractivity contribution in [3.63, 3.8) is 0 Å². The zero-order chi connectivity index (χ0) is 13.8. The Balaban J connectivity index is 2.18. The van der Waals surface area contributed by atoms with Gasteiger partial charge >= 0.3 is 0 Å². The van der Waals surface area contributed by atoms with Crippen molar-refractivity contribution < 1.29 is 4.79 Å². The van der Waals surface area contributed by atoms with Crippen LogP contribution in [-0.2, 0) is 4.79 Å². The Hall–Kier alpha value is -1.08. The number of hydrogen-bond donors (Lipinski definition) is 0. The molecular formula is C15H25N3O. The first-order valence-electron chi connectivity index (χ1n) is 7.54. The molecule has 2 aliphatic rings. The van der Waals surface area contributed by atoms with Gasteiger partial charge in [0.1, 0.15) is 6.04 Å². The van der Waals surface area contributed by atoms with E-state index in [4.69, 9.17) is 5.26 Å². The average Bonchev–Trinajstić information content (AvgIpc) is 2.52. The van der Waals surface area contributed by atoms with Gasteiger partial charge in [0.2, 0.25) is 5.91 Å². The van der Waals surface area contributed by atoms with Crippen molar-refractivity contribution in [1.82, 2.24) is 9.80 Å². The highest BCUT2D eigenvalue weighted by Gasteiger charge is 2.37. The fourth-order valence-corrected chi connectivity index (χ4v) is 3.49. The Kier molecular flexibility index (Phi) is 4.81. The number of nitrogens with zero attached hydrogens (tertiary/aromatic N) is 3. The highest BCUT2D eigenvalue weighted by Crippen LogP contribution is 2.28. The Bertz CT molecular complexity index is 357. The second-order valence-corrected chi connectivity index (χ2v) is 6.03. The number of amides is 1. The van der Waals surface area contributed by atoms with Crippen LogP contribution in [0.2, 0.25) is 0 Å². The van der Waals surface area contributed by atoms with E-state index < -0.39 is 0 Å². The number of likely N-dealkylation sites (N-methyl/N-ethyl adjacent to an activating group) is 1. The molecule has 0 aromatic carbocycles. The van der Waals surface area contributed by atoms with Crippen molar-refractivity contribution in [3.8, 4) is 6.07 Å². The van der Waals surface area contributed by atoms with Crippen LogP contribution < -0.4 is 0 Å². The van der Waals surface area contributed by atoms with Gasteiger partial charge in [-0.25, -0.2) is 0 Å². The molecule has 106 valence electrons. The molecule has 0 aromatic rings. The predicted molar refractivity (Wildman–Crippen MR) is 74.4 cm³/mol. The molecule has 4 nitrogen and oxygen atoms in total. The van der Waals surface area contributed by atoms with Crippen LogP contribution in [0.1, 0.15) is 51.9 Å². The smallest absolute Gasteiger partial charge is 0.241 e. The highest BCUT2D eigenvalue weighted by molar-refractivity contribution is 5.83. The second-order valence-electron chi connectivity index (χ2n) is 6.03. The van der Waals surface area contributed by atoms with Crippen LogP contribution in [0.5, 0.6) is 0 Å². The van der Waals surface area contributed by atoms with Crippen LogP contribution in [0, 0.1) is 11.3 Å². The first kappa shape index (κ1) is 14.3. The van der Waals surface area contributed by atoms with Gasteiger partial charge in [0.15, 0.2) is 0 Å². The Morgan fingerprint density at radius 3 is 2.58 bits per heavy atom. The number of nitriles is 1. The van der Waals surface area contributed by atoms with Gasteiger partial charge in [-0.15, -0.1) is 0 Å². The second kappa shape index (κ2) is 6.38. The summed E-state index contributed by atoms with van der Waals surface area (Å²) in [6.07, 6.45) is 7.37. The molecule has 0 N–H and O–H groups in total. The van der Waals surface area contributed by atoms with Crippen LogP contribution in [0.3, 0.4) is 0 Å². The quantitative estimate of drug-likeness (QED) is 0.767. The minimum atomic E-state index is -0.239. The van der Waals surface area contributed by atoms with Crippen molar-refractivity contribution in [3.05, 3.63) is 0 Å². The molecule has 2 fully saturated rings. The van der Waals surface area contributed by atoms with E-state index >= 15 is 0 Å². The molecule has 1 aliphatic carbocycles. The largest absolute Gasteiger partial charge is 0.336 e. The summed E-state index contributed by atoms with van der Waals surface area (Å²) in [5.41, 5.74) is 0. The van der Waals surface area contributed by atoms with E-state index in [1.54, 1.807) is 0 Å². The Labute approximate surface area is 116 Å². The first-order chi connectivity index (χ1) is 9.15. The van der Waals surface area contributed by atoms with Crippen molar-refractivity contribution in [2.24, 2.45) is 0 Å². The standard InChI is InChI=1S/C15H25N3O/c1-12-9-11-17(2)14(8-10-16)15(19)18(12)13-6-4-3-5-7-13/h12-14H,3-9,11H2,1-2H3. The van der Waals surface area contributed by atoms with Gasteiger partial charge in [0.05, 0.1) is 12.5 Å². The lowest BCUT2D eigenvalue weighted by Crippen LogP contribution is -2.51. The lowest BCUT2D eigenvalue weighted by molar-refractivity contribution is -0.139. The molecule has 0 bridgehead atoms. The van der Waals surface area contributed by atoms with E-state index in [1.807, 2.05) is 7.05 Å². The van der Waals surface area contributed by atoms with Crippen LogP contribution in [0.4, 0.5) is 0 Å². The topological polar surface area (TPSA) is 47.3 Å². The molecule has 1 heterocycles. The van der Waals surface area contributed by atoms with E-state index in [1.165, 1.54) is 19.3 Å². The van der Waals surface area contributed by atoms with Gasteiger partial charge in [0.25, 0.3) is 0 Å². The lowest BCUT2D eigenvalue weighted by Gasteiger charge is -2.39. The van der Waals surface area contributed by atoms with Crippen LogP contribution in [0.15, 0.2) is 0 Å². The van der Waals surface area contributed by atoms with Crippen LogP contribution in [0.25, 0.3) is 0 Å². The van der Waals surface area contributed by atoms with Crippen molar-refractivity contribution in [2.45, 2.75) is 70.0 Å². The maximum atomic E-state index is 12.8. The summed E-state index contributed by atoms with van der Waals surface area (Å²) in [5.74, 6) is 0.181. The minimum Gasteiger partial charge on any atom is -0.336 e. The maximum Gasteiger partial charge on any atom is 0.241 e. The van der Waals surface area contributed by atoms with Gasteiger partial charge in [-0.1, -0.05) is 19.3 Å². The van der Waals surface area contributed by atoms with Gasteiger partial charge in [-0.05, 0) is 33.2 Å². The van der Waals surface area contributed by atoms with Crippen molar-refractivity contribution >= 4 is 5.91 Å². The summed E-state index contributed by atoms with van der Waals surface area (Å²) in [4.78, 5) is 17.0. The normalized spacial score (nSPS) is 31.0. The molecule has 4 heteroatoms. The number of carbonyl (C=O) groups excluding carboxylic acids is 1. The fourth-order valence-electron chi connectivity index (χ4n) is 3.49. The highest BCUT2D eigenvalue weighted by atomic mass is 16.2. The molecule has 19 heavy (non-hydrogen) atoms. The summed E-state index contributed by atoms with van der Waals surface area (Å²) >= 11 is 0. The van der Waals surface area contributed by atoms with Gasteiger partial charge in [0, 0.05) is 18.6 Å². The first-order valence-corrected chi connectivity index (χ1v) is 7.54. The Morgan fingerprint density at radius 1 is 1.26 bits per heavy atom. The van der Waals surface area contributed by atoms with E-state index in [0.717, 1.165) is 25.8 Å². The third kappa shape index (κ3) is 3.09. The molecule has 1 aliphatic heterocycles. The third-order valence-corrected chi connectivity index (χ3v) is 4.70.